The van der Waals surface area contributed by atoms with Gasteiger partial charge in [-0.1, -0.05) is 71.1 Å². The highest BCUT2D eigenvalue weighted by Gasteiger charge is 2.58. The number of nitrogens with one attached hydrogen (secondary N) is 2. The van der Waals surface area contributed by atoms with E-state index in [1.54, 1.807) is 24.3 Å². The maximum Gasteiger partial charge on any atom is 0.407 e. The Labute approximate surface area is 358 Å². The fraction of sp³-hybridized carbons (Fsp3) is 0.739. The number of hydrogen-bond acceptors (Lipinski definition) is 11. The van der Waals surface area contributed by atoms with Gasteiger partial charge < -0.3 is 34.0 Å². The second-order valence-electron chi connectivity index (χ2n) is 18.3. The monoisotopic (exact) mass is 857 g/mol. The van der Waals surface area contributed by atoms with Gasteiger partial charge in [0.05, 0.1) is 39.6 Å². The standard InChI is InChI=1S/C45H68N4O9S.CH4/c1-31(2)8-6-7-9-34-15-17-38-37-16-14-35-30-36(18-20-45(35,4)39(37)19-21-44(34,38)3)57-42(51)47-23-25-55-27-29-56-28-26-54-24-22-46-40(50)32-10-12-33(13-11-32)41-48-49-43(58-41)59(5,52)53;/h10-14,31,34,36-39H,6-9,15-30H2,1-5H3,(H,46,50)(H,47,51);1H4. The quantitative estimate of drug-likeness (QED) is 0.0913. The first-order chi connectivity index (χ1) is 28.3. The van der Waals surface area contributed by atoms with Gasteiger partial charge in [-0.15, -0.1) is 5.10 Å². The summed E-state index contributed by atoms with van der Waals surface area (Å²) in [6, 6.07) is 6.38. The topological polar surface area (TPSA) is 168 Å². The normalized spacial score (nSPS) is 27.2. The number of fused-ring (bicyclic) bond motifs is 5. The smallest absolute Gasteiger partial charge is 0.407 e. The van der Waals surface area contributed by atoms with Gasteiger partial charge in [0.25, 0.3) is 5.91 Å². The van der Waals surface area contributed by atoms with Gasteiger partial charge in [-0.3, -0.25) is 4.79 Å². The van der Waals surface area contributed by atoms with Crippen LogP contribution in [-0.4, -0.2) is 95.7 Å². The molecule has 0 spiro atoms. The first-order valence-corrected chi connectivity index (χ1v) is 24.0. The minimum atomic E-state index is -3.60. The van der Waals surface area contributed by atoms with Crippen LogP contribution in [0.15, 0.2) is 45.6 Å². The summed E-state index contributed by atoms with van der Waals surface area (Å²) in [4.78, 5) is 25.1. The number of rotatable bonds is 21. The van der Waals surface area contributed by atoms with Crippen LogP contribution in [0.5, 0.6) is 0 Å². The highest BCUT2D eigenvalue weighted by molar-refractivity contribution is 7.90. The molecule has 7 unspecified atom stereocenters. The van der Waals surface area contributed by atoms with Crippen molar-refractivity contribution in [2.24, 2.45) is 40.4 Å². The molecule has 3 fully saturated rings. The molecular weight excluding hydrogens is 785 g/mol. The molecule has 0 saturated heterocycles. The van der Waals surface area contributed by atoms with Crippen molar-refractivity contribution in [1.82, 2.24) is 20.8 Å². The number of nitrogens with zero attached hydrogens (tertiary/aromatic N) is 2. The van der Waals surface area contributed by atoms with Crippen molar-refractivity contribution >= 4 is 21.8 Å². The predicted molar refractivity (Wildman–Crippen MR) is 231 cm³/mol. The number of unbranched alkanes of at least 4 members (excludes halogenated alkanes) is 1. The number of aromatic nitrogens is 2. The third-order valence-electron chi connectivity index (χ3n) is 14.0. The summed E-state index contributed by atoms with van der Waals surface area (Å²) < 4.78 is 50.9. The van der Waals surface area contributed by atoms with E-state index in [0.29, 0.717) is 69.3 Å². The second kappa shape index (κ2) is 21.6. The predicted octanol–water partition coefficient (Wildman–Crippen LogP) is 8.45. The van der Waals surface area contributed by atoms with Gasteiger partial charge in [-0.2, -0.15) is 0 Å². The van der Waals surface area contributed by atoms with Crippen molar-refractivity contribution in [3.05, 3.63) is 41.5 Å². The van der Waals surface area contributed by atoms with Gasteiger partial charge >= 0.3 is 11.3 Å². The number of hydrogen-bond donors (Lipinski definition) is 2. The van der Waals surface area contributed by atoms with Crippen LogP contribution in [0, 0.1) is 40.4 Å². The molecule has 4 aliphatic rings. The molecular formula is C46H72N4O9S. The molecule has 2 aromatic rings. The van der Waals surface area contributed by atoms with Gasteiger partial charge in [0.15, 0.2) is 0 Å². The molecule has 0 bridgehead atoms. The number of alkyl carbamates (subject to hydrolysis) is 1. The largest absolute Gasteiger partial charge is 0.446 e. The number of ether oxygens (including phenoxy) is 4. The molecule has 1 aromatic carbocycles. The number of carbonyl (C=O) groups is 2. The van der Waals surface area contributed by atoms with E-state index in [-0.39, 0.29) is 36.8 Å². The fourth-order valence-electron chi connectivity index (χ4n) is 10.8. The Morgan fingerprint density at radius 2 is 1.55 bits per heavy atom. The zero-order valence-electron chi connectivity index (χ0n) is 36.0. The molecule has 6 rings (SSSR count). The number of sulfone groups is 1. The van der Waals surface area contributed by atoms with E-state index in [9.17, 15) is 18.0 Å². The Morgan fingerprint density at radius 3 is 2.22 bits per heavy atom. The minimum Gasteiger partial charge on any atom is -0.446 e. The third kappa shape index (κ3) is 12.0. The molecule has 2 amide bonds. The molecule has 0 radical (unpaired) electrons. The van der Waals surface area contributed by atoms with Gasteiger partial charge in [0.1, 0.15) is 6.10 Å². The Bertz CT molecular complexity index is 1830. The zero-order valence-corrected chi connectivity index (χ0v) is 36.8. The lowest BCUT2D eigenvalue weighted by molar-refractivity contribution is -0.0519. The molecule has 14 heteroatoms. The van der Waals surface area contributed by atoms with Gasteiger partial charge in [-0.05, 0) is 116 Å². The van der Waals surface area contributed by atoms with E-state index in [1.807, 2.05) is 0 Å². The molecule has 60 heavy (non-hydrogen) atoms. The molecule has 13 nitrogen and oxygen atoms in total. The third-order valence-corrected chi connectivity index (χ3v) is 14.8. The molecule has 1 heterocycles. The first kappa shape index (κ1) is 47.7. The summed E-state index contributed by atoms with van der Waals surface area (Å²) >= 11 is 0. The van der Waals surface area contributed by atoms with Crippen LogP contribution in [-0.2, 0) is 28.8 Å². The van der Waals surface area contributed by atoms with Crippen LogP contribution >= 0.6 is 0 Å². The molecule has 2 N–H and O–H groups in total. The van der Waals surface area contributed by atoms with E-state index in [2.05, 4.69) is 54.6 Å². The van der Waals surface area contributed by atoms with E-state index in [4.69, 9.17) is 23.4 Å². The van der Waals surface area contributed by atoms with Crippen LogP contribution in [0.25, 0.3) is 11.5 Å². The number of allylic oxidation sites excluding steroid dienone is 1. The van der Waals surface area contributed by atoms with Crippen LogP contribution < -0.4 is 10.6 Å². The van der Waals surface area contributed by atoms with Gasteiger partial charge in [-0.25, -0.2) is 13.2 Å². The summed E-state index contributed by atoms with van der Waals surface area (Å²) in [5.41, 5.74) is 3.21. The maximum atomic E-state index is 12.7. The van der Waals surface area contributed by atoms with Crippen LogP contribution in [0.4, 0.5) is 4.79 Å². The van der Waals surface area contributed by atoms with Crippen molar-refractivity contribution in [3.8, 4) is 11.5 Å². The van der Waals surface area contributed by atoms with Crippen LogP contribution in [0.3, 0.4) is 0 Å². The Balaban J connectivity index is 0.00000683. The number of amides is 2. The average molecular weight is 857 g/mol. The molecule has 7 atom stereocenters. The SMILES string of the molecule is C.CC(C)CCCCC1CCC2C3CC=C4CC(OC(=O)NCCOCCOCCOCCNC(=O)c5ccc(-c6nnc(S(C)(=O)=O)o6)cc5)CCC4(C)C3CCC12C. The number of benzene rings is 1. The minimum absolute atomic E-state index is 0. The Hall–Kier alpha value is -3.33. The molecule has 4 aliphatic carbocycles. The molecule has 1 aromatic heterocycles. The first-order valence-electron chi connectivity index (χ1n) is 22.1. The lowest BCUT2D eigenvalue weighted by Gasteiger charge is -2.58. The van der Waals surface area contributed by atoms with E-state index in [0.717, 1.165) is 55.1 Å². The Kier molecular flexibility index (Phi) is 17.2. The second-order valence-corrected chi connectivity index (χ2v) is 20.2. The van der Waals surface area contributed by atoms with Crippen LogP contribution in [0.2, 0.25) is 0 Å². The molecule has 336 valence electrons. The van der Waals surface area contributed by atoms with E-state index >= 15 is 0 Å². The van der Waals surface area contributed by atoms with Crippen molar-refractivity contribution in [3.63, 3.8) is 0 Å². The van der Waals surface area contributed by atoms with E-state index < -0.39 is 15.1 Å². The summed E-state index contributed by atoms with van der Waals surface area (Å²) in [6.45, 7) is 12.8. The summed E-state index contributed by atoms with van der Waals surface area (Å²) in [7, 11) is -3.60. The van der Waals surface area contributed by atoms with Crippen molar-refractivity contribution in [1.29, 1.82) is 0 Å². The van der Waals surface area contributed by atoms with E-state index in [1.165, 1.54) is 63.4 Å². The highest BCUT2D eigenvalue weighted by Crippen LogP contribution is 2.66. The number of carbonyl (C=O) groups excluding carboxylic acids is 2. The Morgan fingerprint density at radius 1 is 0.867 bits per heavy atom. The zero-order chi connectivity index (χ0) is 42.0. The maximum absolute atomic E-state index is 12.7. The average Bonchev–Trinajstić information content (AvgIpc) is 3.84. The molecule has 3 saturated carbocycles. The summed E-state index contributed by atoms with van der Waals surface area (Å²) in [5, 5.41) is 12.5. The lowest BCUT2D eigenvalue weighted by atomic mass is 9.47. The van der Waals surface area contributed by atoms with Crippen molar-refractivity contribution < 1.29 is 41.4 Å². The van der Waals surface area contributed by atoms with Crippen molar-refractivity contribution in [2.75, 3.05) is 59.0 Å². The van der Waals surface area contributed by atoms with Crippen molar-refractivity contribution in [2.45, 2.75) is 123 Å². The fourth-order valence-corrected chi connectivity index (χ4v) is 11.2. The molecule has 0 aliphatic heterocycles. The summed E-state index contributed by atoms with van der Waals surface area (Å²) in [5.74, 6) is 3.92. The van der Waals surface area contributed by atoms with Gasteiger partial charge in [0, 0.05) is 36.9 Å². The highest BCUT2D eigenvalue weighted by atomic mass is 32.2. The van der Waals surface area contributed by atoms with Gasteiger partial charge in [0.2, 0.25) is 15.7 Å². The lowest BCUT2D eigenvalue weighted by Crippen LogP contribution is -2.50. The summed E-state index contributed by atoms with van der Waals surface area (Å²) in [6.07, 6.45) is 18.4. The van der Waals surface area contributed by atoms with Crippen LogP contribution in [0.1, 0.15) is 123 Å².